The Kier molecular flexibility index (Phi) is 2.83. The van der Waals surface area contributed by atoms with Crippen molar-refractivity contribution in [3.05, 3.63) is 16.0 Å². The van der Waals surface area contributed by atoms with Crippen LogP contribution in [-0.2, 0) is 17.6 Å². The number of thiophene rings is 1. The van der Waals surface area contributed by atoms with E-state index in [4.69, 9.17) is 5.11 Å². The summed E-state index contributed by atoms with van der Waals surface area (Å²) in [6.07, 6.45) is 4.90. The van der Waals surface area contributed by atoms with Crippen molar-refractivity contribution in [2.24, 2.45) is 4.99 Å². The molecule has 18 heavy (non-hydrogen) atoms. The van der Waals surface area contributed by atoms with Gasteiger partial charge in [0.2, 0.25) is 0 Å². The van der Waals surface area contributed by atoms with E-state index in [2.05, 4.69) is 4.99 Å². The Balaban J connectivity index is 1.98. The maximum atomic E-state index is 10.7. The summed E-state index contributed by atoms with van der Waals surface area (Å²) in [5, 5.41) is 19.9. The zero-order chi connectivity index (χ0) is 12.7. The van der Waals surface area contributed by atoms with Gasteiger partial charge in [-0.1, -0.05) is 0 Å². The van der Waals surface area contributed by atoms with Crippen molar-refractivity contribution in [3.63, 3.8) is 0 Å². The van der Waals surface area contributed by atoms with E-state index in [1.807, 2.05) is 0 Å². The van der Waals surface area contributed by atoms with E-state index in [-0.39, 0.29) is 6.54 Å². The van der Waals surface area contributed by atoms with E-state index in [0.717, 1.165) is 29.8 Å². The van der Waals surface area contributed by atoms with Gasteiger partial charge in [0.05, 0.1) is 6.34 Å². The van der Waals surface area contributed by atoms with Crippen molar-refractivity contribution in [2.45, 2.75) is 31.9 Å². The van der Waals surface area contributed by atoms with Gasteiger partial charge in [-0.3, -0.25) is 4.79 Å². The predicted molar refractivity (Wildman–Crippen MR) is 68.4 cm³/mol. The molecule has 2 heterocycles. The molecule has 0 saturated heterocycles. The topological polar surface area (TPSA) is 73.1 Å². The first-order valence-corrected chi connectivity index (χ1v) is 6.82. The molecule has 6 heteroatoms. The molecular weight excluding hydrogens is 252 g/mol. The van der Waals surface area contributed by atoms with Gasteiger partial charge in [0.15, 0.2) is 6.23 Å². The Morgan fingerprint density at radius 2 is 2.28 bits per heavy atom. The molecule has 0 fully saturated rings. The summed E-state index contributed by atoms with van der Waals surface area (Å²) in [5.74, 6) is -0.965. The van der Waals surface area contributed by atoms with Crippen LogP contribution in [0.4, 0.5) is 5.00 Å². The summed E-state index contributed by atoms with van der Waals surface area (Å²) in [4.78, 5) is 17.7. The van der Waals surface area contributed by atoms with Gasteiger partial charge in [0.25, 0.3) is 0 Å². The highest BCUT2D eigenvalue weighted by Gasteiger charge is 2.31. The van der Waals surface area contributed by atoms with Crippen LogP contribution in [0.25, 0.3) is 0 Å². The van der Waals surface area contributed by atoms with Crippen LogP contribution in [-0.4, -0.2) is 34.0 Å². The molecule has 3 rings (SSSR count). The number of aliphatic imine (C=N–C) groups is 1. The van der Waals surface area contributed by atoms with Crippen LogP contribution in [0.15, 0.2) is 4.99 Å². The Morgan fingerprint density at radius 3 is 3.06 bits per heavy atom. The van der Waals surface area contributed by atoms with E-state index in [9.17, 15) is 9.90 Å². The van der Waals surface area contributed by atoms with Gasteiger partial charge in [-0.15, -0.1) is 11.3 Å². The third-order valence-electron chi connectivity index (χ3n) is 3.41. The summed E-state index contributed by atoms with van der Waals surface area (Å²) >= 11 is 1.63. The van der Waals surface area contributed by atoms with E-state index in [0.29, 0.717) is 0 Å². The molecule has 0 unspecified atom stereocenters. The van der Waals surface area contributed by atoms with Crippen LogP contribution in [0, 0.1) is 0 Å². The van der Waals surface area contributed by atoms with Crippen molar-refractivity contribution in [1.29, 1.82) is 0 Å². The molecule has 1 aromatic heterocycles. The zero-order valence-electron chi connectivity index (χ0n) is 9.80. The van der Waals surface area contributed by atoms with Crippen LogP contribution < -0.4 is 0 Å². The van der Waals surface area contributed by atoms with Crippen molar-refractivity contribution >= 4 is 28.6 Å². The molecule has 0 amide bonds. The number of aliphatic carboxylic acids is 1. The number of fused-ring (bicyclic) bond motifs is 3. The van der Waals surface area contributed by atoms with Crippen LogP contribution >= 0.6 is 11.3 Å². The smallest absolute Gasteiger partial charge is 0.323 e. The third-order valence-corrected chi connectivity index (χ3v) is 4.62. The fourth-order valence-electron chi connectivity index (χ4n) is 2.58. The molecule has 2 N–H and O–H groups in total. The number of nitrogens with zero attached hydrogens (tertiary/aromatic N) is 2. The lowest BCUT2D eigenvalue weighted by molar-refractivity contribution is -0.139. The summed E-state index contributed by atoms with van der Waals surface area (Å²) in [6.45, 7) is -0.227. The molecule has 0 aromatic carbocycles. The highest BCUT2D eigenvalue weighted by Crippen LogP contribution is 2.45. The third kappa shape index (κ3) is 1.81. The van der Waals surface area contributed by atoms with Crippen LogP contribution in [0.5, 0.6) is 0 Å². The highest BCUT2D eigenvalue weighted by atomic mass is 32.1. The Morgan fingerprint density at radius 1 is 1.50 bits per heavy atom. The normalized spacial score (nSPS) is 21.6. The minimum atomic E-state index is -0.965. The van der Waals surface area contributed by atoms with Crippen LogP contribution in [0.3, 0.4) is 0 Å². The molecular formula is C12H14N2O3S. The highest BCUT2D eigenvalue weighted by molar-refractivity contribution is 7.16. The number of carbonyl (C=O) groups is 1. The summed E-state index contributed by atoms with van der Waals surface area (Å²) in [5.41, 5.74) is 2.03. The molecule has 1 aliphatic carbocycles. The predicted octanol–water partition coefficient (Wildman–Crippen LogP) is 1.68. The lowest BCUT2D eigenvalue weighted by Gasteiger charge is -2.28. The fraction of sp³-hybridized carbons (Fsp3) is 0.500. The average molecular weight is 266 g/mol. The Labute approximate surface area is 108 Å². The van der Waals surface area contributed by atoms with E-state index < -0.39 is 12.2 Å². The summed E-state index contributed by atoms with van der Waals surface area (Å²) in [6, 6.07) is 0. The summed E-state index contributed by atoms with van der Waals surface area (Å²) < 4.78 is 0. The monoisotopic (exact) mass is 266 g/mol. The standard InChI is InChI=1S/C12H14N2O3S/c15-9(16)5-14-6-13-11-10(12(14)17)7-3-1-2-4-8(7)18-11/h6,12,17H,1-5H2,(H,15,16)/t12-/m0/s1. The van der Waals surface area contributed by atoms with Gasteiger partial charge < -0.3 is 15.1 Å². The van der Waals surface area contributed by atoms with Crippen LogP contribution in [0.2, 0.25) is 0 Å². The number of hydrogen-bond donors (Lipinski definition) is 2. The van der Waals surface area contributed by atoms with Gasteiger partial charge in [-0.25, -0.2) is 4.99 Å². The van der Waals surface area contributed by atoms with Crippen LogP contribution in [0.1, 0.15) is 35.1 Å². The van der Waals surface area contributed by atoms with Gasteiger partial charge in [0, 0.05) is 10.4 Å². The number of aryl methyl sites for hydroxylation is 1. The van der Waals surface area contributed by atoms with Crippen molar-refractivity contribution < 1.29 is 15.0 Å². The number of carboxylic acid groups (broad SMARTS) is 1. The molecule has 0 saturated carbocycles. The quantitative estimate of drug-likeness (QED) is 0.854. The fourth-order valence-corrected chi connectivity index (χ4v) is 3.83. The van der Waals surface area contributed by atoms with E-state index in [1.54, 1.807) is 11.3 Å². The molecule has 0 spiro atoms. The second-order valence-electron chi connectivity index (χ2n) is 4.61. The molecule has 0 bridgehead atoms. The lowest BCUT2D eigenvalue weighted by atomic mass is 9.94. The maximum Gasteiger partial charge on any atom is 0.323 e. The minimum Gasteiger partial charge on any atom is -0.480 e. The van der Waals surface area contributed by atoms with Crippen molar-refractivity contribution in [2.75, 3.05) is 6.54 Å². The lowest BCUT2D eigenvalue weighted by Crippen LogP contribution is -2.34. The largest absolute Gasteiger partial charge is 0.480 e. The number of carboxylic acids is 1. The molecule has 96 valence electrons. The second-order valence-corrected chi connectivity index (χ2v) is 5.70. The summed E-state index contributed by atoms with van der Waals surface area (Å²) in [7, 11) is 0. The molecule has 2 aliphatic rings. The second kappa shape index (κ2) is 4.37. The average Bonchev–Trinajstić information content (AvgIpc) is 2.71. The zero-order valence-corrected chi connectivity index (χ0v) is 10.6. The molecule has 1 aromatic rings. The van der Waals surface area contributed by atoms with Gasteiger partial charge in [-0.2, -0.15) is 0 Å². The number of hydrogen-bond acceptors (Lipinski definition) is 5. The van der Waals surface area contributed by atoms with Crippen molar-refractivity contribution in [1.82, 2.24) is 4.90 Å². The first-order chi connectivity index (χ1) is 8.66. The first kappa shape index (κ1) is 11.7. The van der Waals surface area contributed by atoms with Gasteiger partial charge in [0.1, 0.15) is 11.5 Å². The Hall–Kier alpha value is -1.40. The molecule has 0 radical (unpaired) electrons. The Bertz CT molecular complexity index is 524. The maximum absolute atomic E-state index is 10.7. The molecule has 1 aliphatic heterocycles. The van der Waals surface area contributed by atoms with Gasteiger partial charge in [-0.05, 0) is 31.2 Å². The SMILES string of the molecule is O=C(O)CN1C=Nc2sc3c(c2[C@@H]1O)CCCC3. The van der Waals surface area contributed by atoms with E-state index in [1.165, 1.54) is 28.1 Å². The number of rotatable bonds is 2. The van der Waals surface area contributed by atoms with E-state index >= 15 is 0 Å². The molecule has 1 atom stereocenters. The van der Waals surface area contributed by atoms with Crippen molar-refractivity contribution in [3.8, 4) is 0 Å². The number of aliphatic hydroxyl groups excluding tert-OH is 1. The van der Waals surface area contributed by atoms with Gasteiger partial charge >= 0.3 is 5.97 Å². The molecule has 5 nitrogen and oxygen atoms in total. The first-order valence-electron chi connectivity index (χ1n) is 6.01. The minimum absolute atomic E-state index is 0.227. The number of aliphatic hydroxyl groups is 1.